The lowest BCUT2D eigenvalue weighted by molar-refractivity contribution is -0.0218. The zero-order valence-corrected chi connectivity index (χ0v) is 18.2. The van der Waals surface area contributed by atoms with Gasteiger partial charge in [-0.05, 0) is 49.7 Å². The van der Waals surface area contributed by atoms with E-state index in [1.807, 2.05) is 0 Å². The molecule has 164 valence electrons. The molecule has 1 fully saturated rings. The minimum atomic E-state index is -0.999. The van der Waals surface area contributed by atoms with Gasteiger partial charge in [-0.15, -0.1) is 0 Å². The van der Waals surface area contributed by atoms with E-state index in [2.05, 4.69) is 13.8 Å². The highest BCUT2D eigenvalue weighted by atomic mass is 19.2. The number of hydrogen-bond donors (Lipinski definition) is 0. The molecular formula is C26H33F3O. The molecule has 30 heavy (non-hydrogen) atoms. The maximum Gasteiger partial charge on any atom is 0.167 e. The number of benzene rings is 2. The molecule has 0 saturated carbocycles. The molecule has 0 radical (unpaired) electrons. The third-order valence-corrected chi connectivity index (χ3v) is 6.19. The molecule has 0 aromatic heterocycles. The lowest BCUT2D eigenvalue weighted by atomic mass is 9.90. The lowest BCUT2D eigenvalue weighted by Crippen LogP contribution is -2.21. The molecule has 4 heteroatoms. The number of rotatable bonds is 9. The second-order valence-electron chi connectivity index (χ2n) is 8.51. The van der Waals surface area contributed by atoms with Gasteiger partial charge in [-0.2, -0.15) is 0 Å². The topological polar surface area (TPSA) is 9.23 Å². The van der Waals surface area contributed by atoms with E-state index in [4.69, 9.17) is 4.74 Å². The second-order valence-corrected chi connectivity index (χ2v) is 8.51. The van der Waals surface area contributed by atoms with E-state index in [1.165, 1.54) is 31.4 Å². The molecule has 3 rings (SSSR count). The molecule has 1 heterocycles. The van der Waals surface area contributed by atoms with Gasteiger partial charge < -0.3 is 4.74 Å². The van der Waals surface area contributed by atoms with Crippen LogP contribution in [-0.2, 0) is 11.2 Å². The Labute approximate surface area is 178 Å². The first kappa shape index (κ1) is 22.9. The van der Waals surface area contributed by atoms with Crippen molar-refractivity contribution >= 4 is 0 Å². The molecular weight excluding hydrogens is 385 g/mol. The molecule has 1 aliphatic rings. The van der Waals surface area contributed by atoms with Crippen molar-refractivity contribution in [1.29, 1.82) is 0 Å². The molecule has 1 aliphatic heterocycles. The number of aryl methyl sites for hydroxylation is 1. The van der Waals surface area contributed by atoms with E-state index in [1.54, 1.807) is 18.2 Å². The molecule has 2 unspecified atom stereocenters. The van der Waals surface area contributed by atoms with E-state index in [9.17, 15) is 13.2 Å². The van der Waals surface area contributed by atoms with E-state index in [0.29, 0.717) is 18.9 Å². The number of halogens is 3. The third kappa shape index (κ3) is 5.46. The van der Waals surface area contributed by atoms with Crippen LogP contribution in [-0.4, -0.2) is 6.61 Å². The molecule has 0 spiro atoms. The summed E-state index contributed by atoms with van der Waals surface area (Å²) in [6.07, 6.45) is 8.72. The van der Waals surface area contributed by atoms with Crippen LogP contribution in [0.5, 0.6) is 0 Å². The van der Waals surface area contributed by atoms with Gasteiger partial charge in [-0.1, -0.05) is 63.8 Å². The summed E-state index contributed by atoms with van der Waals surface area (Å²) in [5, 5.41) is 0. The predicted molar refractivity (Wildman–Crippen MR) is 116 cm³/mol. The zero-order valence-electron chi connectivity index (χ0n) is 18.2. The molecule has 0 bridgehead atoms. The third-order valence-electron chi connectivity index (χ3n) is 6.19. The summed E-state index contributed by atoms with van der Waals surface area (Å²) in [6.45, 7) is 4.85. The van der Waals surface area contributed by atoms with E-state index in [0.717, 1.165) is 37.7 Å². The van der Waals surface area contributed by atoms with E-state index < -0.39 is 23.6 Å². The fourth-order valence-electron chi connectivity index (χ4n) is 4.30. The largest absolute Gasteiger partial charge is 0.373 e. The Morgan fingerprint density at radius 1 is 0.867 bits per heavy atom. The van der Waals surface area contributed by atoms with Crippen molar-refractivity contribution in [3.05, 3.63) is 58.9 Å². The predicted octanol–water partition coefficient (Wildman–Crippen LogP) is 8.16. The average molecular weight is 419 g/mol. The zero-order chi connectivity index (χ0) is 21.5. The first-order valence-corrected chi connectivity index (χ1v) is 11.4. The highest BCUT2D eigenvalue weighted by Gasteiger charge is 2.27. The molecule has 0 N–H and O–H groups in total. The minimum absolute atomic E-state index is 0.0379. The first-order valence-electron chi connectivity index (χ1n) is 11.4. The van der Waals surface area contributed by atoms with Crippen molar-refractivity contribution in [3.8, 4) is 11.1 Å². The molecule has 2 atom stereocenters. The fourth-order valence-corrected chi connectivity index (χ4v) is 4.30. The Hall–Kier alpha value is -1.81. The van der Waals surface area contributed by atoms with Gasteiger partial charge in [-0.3, -0.25) is 0 Å². The highest BCUT2D eigenvalue weighted by Crippen LogP contribution is 2.37. The van der Waals surface area contributed by atoms with Crippen LogP contribution in [0.4, 0.5) is 13.2 Å². The molecule has 1 saturated heterocycles. The molecule has 2 aromatic carbocycles. The van der Waals surface area contributed by atoms with Gasteiger partial charge in [0.25, 0.3) is 0 Å². The number of hydrogen-bond acceptors (Lipinski definition) is 1. The minimum Gasteiger partial charge on any atom is -0.373 e. The van der Waals surface area contributed by atoms with Gasteiger partial charge in [-0.25, -0.2) is 13.2 Å². The Bertz CT molecular complexity index is 825. The quantitative estimate of drug-likeness (QED) is 0.373. The Kier molecular flexibility index (Phi) is 8.38. The molecule has 0 aliphatic carbocycles. The van der Waals surface area contributed by atoms with Gasteiger partial charge >= 0.3 is 0 Å². The highest BCUT2D eigenvalue weighted by molar-refractivity contribution is 5.66. The number of ether oxygens (including phenoxy) is 1. The number of unbranched alkanes of at least 4 members (excludes halogenated alkanes) is 3. The van der Waals surface area contributed by atoms with Crippen molar-refractivity contribution in [1.82, 2.24) is 0 Å². The first-order chi connectivity index (χ1) is 14.5. The summed E-state index contributed by atoms with van der Waals surface area (Å²) in [5.74, 6) is -1.93. The van der Waals surface area contributed by atoms with Crippen LogP contribution in [0.1, 0.15) is 82.4 Å². The van der Waals surface area contributed by atoms with Crippen molar-refractivity contribution in [2.45, 2.75) is 77.7 Å². The SMILES string of the molecule is CCCCCC1CCC(c2ccc(-c3ccc(CCCC)cc3F)c(F)c2F)OC1. The van der Waals surface area contributed by atoms with Crippen molar-refractivity contribution in [2.24, 2.45) is 5.92 Å². The van der Waals surface area contributed by atoms with Crippen LogP contribution >= 0.6 is 0 Å². The van der Waals surface area contributed by atoms with Gasteiger partial charge in [0.05, 0.1) is 12.7 Å². The van der Waals surface area contributed by atoms with E-state index in [-0.39, 0.29) is 16.7 Å². The van der Waals surface area contributed by atoms with Crippen LogP contribution in [0.2, 0.25) is 0 Å². The summed E-state index contributed by atoms with van der Waals surface area (Å²) in [5.41, 5.74) is 1.17. The van der Waals surface area contributed by atoms with Gasteiger partial charge in [0.15, 0.2) is 11.6 Å². The van der Waals surface area contributed by atoms with Crippen LogP contribution in [0.3, 0.4) is 0 Å². The van der Waals surface area contributed by atoms with Crippen molar-refractivity contribution < 1.29 is 17.9 Å². The fraction of sp³-hybridized carbons (Fsp3) is 0.538. The normalized spacial score (nSPS) is 19.2. The second kappa shape index (κ2) is 11.0. The van der Waals surface area contributed by atoms with Crippen molar-refractivity contribution in [3.63, 3.8) is 0 Å². The summed E-state index contributed by atoms with van der Waals surface area (Å²) in [4.78, 5) is 0. The Morgan fingerprint density at radius 2 is 1.63 bits per heavy atom. The van der Waals surface area contributed by atoms with Gasteiger partial charge in [0.2, 0.25) is 0 Å². The Balaban J connectivity index is 1.72. The van der Waals surface area contributed by atoms with Gasteiger partial charge in [0, 0.05) is 16.7 Å². The Morgan fingerprint density at radius 3 is 2.30 bits per heavy atom. The molecule has 2 aromatic rings. The maximum atomic E-state index is 14.9. The summed E-state index contributed by atoms with van der Waals surface area (Å²) >= 11 is 0. The van der Waals surface area contributed by atoms with Crippen LogP contribution in [0.15, 0.2) is 30.3 Å². The summed E-state index contributed by atoms with van der Waals surface area (Å²) in [6, 6.07) is 7.81. The smallest absolute Gasteiger partial charge is 0.167 e. The van der Waals surface area contributed by atoms with Crippen molar-refractivity contribution in [2.75, 3.05) is 6.61 Å². The summed E-state index contributed by atoms with van der Waals surface area (Å²) < 4.78 is 50.2. The van der Waals surface area contributed by atoms with Gasteiger partial charge in [0.1, 0.15) is 5.82 Å². The standard InChI is InChI=1S/C26H33F3O/c1-3-5-7-9-19-11-15-24(30-17-19)22-14-13-21(25(28)26(22)29)20-12-10-18(8-6-4-2)16-23(20)27/h10,12-14,16,19,24H,3-9,11,15,17H2,1-2H3. The molecule has 1 nitrogen and oxygen atoms in total. The van der Waals surface area contributed by atoms with Crippen LogP contribution < -0.4 is 0 Å². The van der Waals surface area contributed by atoms with E-state index >= 15 is 0 Å². The molecule has 0 amide bonds. The van der Waals surface area contributed by atoms with Crippen LogP contribution in [0.25, 0.3) is 11.1 Å². The maximum absolute atomic E-state index is 14.9. The monoisotopic (exact) mass is 418 g/mol. The van der Waals surface area contributed by atoms with Crippen LogP contribution in [0, 0.1) is 23.4 Å². The summed E-state index contributed by atoms with van der Waals surface area (Å²) in [7, 11) is 0. The average Bonchev–Trinajstić information content (AvgIpc) is 2.75. The lowest BCUT2D eigenvalue weighted by Gasteiger charge is -2.29.